The van der Waals surface area contributed by atoms with Crippen LogP contribution in [0.25, 0.3) is 11.2 Å². The third-order valence-electron chi connectivity index (χ3n) is 4.55. The number of aromatic nitrogens is 4. The van der Waals surface area contributed by atoms with Crippen molar-refractivity contribution in [3.63, 3.8) is 0 Å². The molecular weight excluding hydrogens is 282 g/mol. The molecule has 120 valence electrons. The molecule has 7 nitrogen and oxygen atoms in total. The molecule has 0 amide bonds. The Labute approximate surface area is 128 Å². The van der Waals surface area contributed by atoms with Crippen LogP contribution in [0.1, 0.15) is 32.6 Å². The molecule has 0 spiro atoms. The van der Waals surface area contributed by atoms with Gasteiger partial charge in [-0.3, -0.25) is 13.9 Å². The molecule has 1 unspecified atom stereocenters. The first kappa shape index (κ1) is 15.0. The number of nitrogens with one attached hydrogen (secondary N) is 1. The summed E-state index contributed by atoms with van der Waals surface area (Å²) in [6, 6.07) is 0.507. The highest BCUT2D eigenvalue weighted by Crippen LogP contribution is 2.13. The van der Waals surface area contributed by atoms with Crippen molar-refractivity contribution >= 4 is 11.2 Å². The molecular formula is C15H23N5O2. The second-order valence-electron chi connectivity index (χ2n) is 5.94. The topological polar surface area (TPSA) is 73.8 Å². The molecule has 1 aliphatic heterocycles. The Morgan fingerprint density at radius 1 is 1.36 bits per heavy atom. The molecule has 1 atom stereocenters. The zero-order valence-corrected chi connectivity index (χ0v) is 13.2. The maximum absolute atomic E-state index is 12.4. The lowest BCUT2D eigenvalue weighted by Gasteiger charge is -2.23. The number of piperidine rings is 1. The van der Waals surface area contributed by atoms with E-state index in [1.165, 1.54) is 30.9 Å². The number of aryl methyl sites for hydroxylation is 2. The summed E-state index contributed by atoms with van der Waals surface area (Å²) in [6.07, 6.45) is 6.35. The van der Waals surface area contributed by atoms with Gasteiger partial charge in [-0.1, -0.05) is 6.42 Å². The van der Waals surface area contributed by atoms with Crippen molar-refractivity contribution in [2.24, 2.45) is 7.05 Å². The molecule has 0 bridgehead atoms. The average Bonchev–Trinajstić information content (AvgIpc) is 2.96. The number of hydrogen-bond donors (Lipinski definition) is 1. The van der Waals surface area contributed by atoms with Gasteiger partial charge in [-0.25, -0.2) is 9.78 Å². The minimum atomic E-state index is -0.306. The highest BCUT2D eigenvalue weighted by molar-refractivity contribution is 5.70. The van der Waals surface area contributed by atoms with Crippen molar-refractivity contribution in [2.75, 3.05) is 6.54 Å². The third-order valence-corrected chi connectivity index (χ3v) is 4.55. The number of rotatable bonds is 4. The lowest BCUT2D eigenvalue weighted by atomic mass is 10.0. The highest BCUT2D eigenvalue weighted by atomic mass is 16.2. The van der Waals surface area contributed by atoms with Gasteiger partial charge in [0.25, 0.3) is 5.56 Å². The second kappa shape index (κ2) is 6.08. The molecule has 0 saturated carbocycles. The van der Waals surface area contributed by atoms with Crippen LogP contribution >= 0.6 is 0 Å². The van der Waals surface area contributed by atoms with Crippen LogP contribution in [0.15, 0.2) is 15.9 Å². The van der Waals surface area contributed by atoms with E-state index in [1.54, 1.807) is 10.9 Å². The van der Waals surface area contributed by atoms with Gasteiger partial charge in [0.2, 0.25) is 0 Å². The summed E-state index contributed by atoms with van der Waals surface area (Å²) in [7, 11) is 1.52. The highest BCUT2D eigenvalue weighted by Gasteiger charge is 2.17. The Morgan fingerprint density at radius 3 is 2.86 bits per heavy atom. The summed E-state index contributed by atoms with van der Waals surface area (Å²) in [4.78, 5) is 28.8. The van der Waals surface area contributed by atoms with Crippen LogP contribution in [0.3, 0.4) is 0 Å². The van der Waals surface area contributed by atoms with Gasteiger partial charge < -0.3 is 9.88 Å². The third kappa shape index (κ3) is 2.49. The van der Waals surface area contributed by atoms with Gasteiger partial charge in [0, 0.05) is 26.2 Å². The van der Waals surface area contributed by atoms with Gasteiger partial charge in [-0.2, -0.15) is 0 Å². The maximum atomic E-state index is 12.4. The van der Waals surface area contributed by atoms with Crippen LogP contribution in [-0.2, 0) is 20.1 Å². The van der Waals surface area contributed by atoms with Gasteiger partial charge in [-0.05, 0) is 32.7 Å². The van der Waals surface area contributed by atoms with E-state index in [0.29, 0.717) is 23.8 Å². The van der Waals surface area contributed by atoms with Gasteiger partial charge in [0.15, 0.2) is 11.2 Å². The van der Waals surface area contributed by atoms with Crippen LogP contribution in [-0.4, -0.2) is 31.3 Å². The van der Waals surface area contributed by atoms with Gasteiger partial charge in [-0.15, -0.1) is 0 Å². The minimum absolute atomic E-state index is 0.265. The standard InChI is InChI=1S/C15H23N5O2/c1-3-20-13-12(14(21)18(2)15(20)22)19(10-17-13)9-7-11-6-4-5-8-16-11/h10-11,16H,3-9H2,1-2H3. The molecule has 1 aliphatic rings. The second-order valence-corrected chi connectivity index (χ2v) is 5.94. The Balaban J connectivity index is 1.95. The number of nitrogens with zero attached hydrogens (tertiary/aromatic N) is 4. The van der Waals surface area contributed by atoms with E-state index in [9.17, 15) is 9.59 Å². The van der Waals surface area contributed by atoms with E-state index >= 15 is 0 Å². The molecule has 7 heteroatoms. The maximum Gasteiger partial charge on any atom is 0.332 e. The summed E-state index contributed by atoms with van der Waals surface area (Å²) in [5, 5.41) is 3.51. The van der Waals surface area contributed by atoms with Crippen molar-refractivity contribution in [3.8, 4) is 0 Å². The normalized spacial score (nSPS) is 18.9. The fourth-order valence-electron chi connectivity index (χ4n) is 3.22. The van der Waals surface area contributed by atoms with Crippen molar-refractivity contribution in [2.45, 2.75) is 51.7 Å². The summed E-state index contributed by atoms with van der Waals surface area (Å²) in [5.74, 6) is 0. The number of fused-ring (bicyclic) bond motifs is 1. The molecule has 3 rings (SSSR count). The lowest BCUT2D eigenvalue weighted by Crippen LogP contribution is -2.38. The zero-order chi connectivity index (χ0) is 15.7. The summed E-state index contributed by atoms with van der Waals surface area (Å²) in [6.45, 7) is 4.21. The molecule has 1 N–H and O–H groups in total. The Hall–Kier alpha value is -1.89. The molecule has 1 saturated heterocycles. The van der Waals surface area contributed by atoms with Crippen LogP contribution in [0.4, 0.5) is 0 Å². The van der Waals surface area contributed by atoms with Gasteiger partial charge >= 0.3 is 5.69 Å². The van der Waals surface area contributed by atoms with Crippen LogP contribution in [0.5, 0.6) is 0 Å². The van der Waals surface area contributed by atoms with E-state index in [0.717, 1.165) is 19.5 Å². The smallest absolute Gasteiger partial charge is 0.325 e. The largest absolute Gasteiger partial charge is 0.332 e. The fourth-order valence-corrected chi connectivity index (χ4v) is 3.22. The SMILES string of the molecule is CCn1c(=O)n(C)c(=O)c2c1ncn2CCC1CCCCN1. The van der Waals surface area contributed by atoms with E-state index in [-0.39, 0.29) is 11.2 Å². The van der Waals surface area contributed by atoms with Crippen molar-refractivity contribution < 1.29 is 0 Å². The molecule has 0 aliphatic carbocycles. The summed E-state index contributed by atoms with van der Waals surface area (Å²) in [5.41, 5.74) is 0.449. The first-order chi connectivity index (χ1) is 10.6. The Bertz CT molecular complexity index is 780. The lowest BCUT2D eigenvalue weighted by molar-refractivity contribution is 0.368. The molecule has 2 aromatic heterocycles. The van der Waals surface area contributed by atoms with E-state index in [2.05, 4.69) is 10.3 Å². The van der Waals surface area contributed by atoms with Crippen LogP contribution in [0, 0.1) is 0 Å². The number of hydrogen-bond acceptors (Lipinski definition) is 4. The molecule has 2 aromatic rings. The number of imidazole rings is 1. The van der Waals surface area contributed by atoms with E-state index < -0.39 is 0 Å². The quantitative estimate of drug-likeness (QED) is 0.890. The fraction of sp³-hybridized carbons (Fsp3) is 0.667. The van der Waals surface area contributed by atoms with E-state index in [1.807, 2.05) is 11.5 Å². The summed E-state index contributed by atoms with van der Waals surface area (Å²) < 4.78 is 4.61. The van der Waals surface area contributed by atoms with Crippen molar-refractivity contribution in [3.05, 3.63) is 27.2 Å². The van der Waals surface area contributed by atoms with E-state index in [4.69, 9.17) is 0 Å². The van der Waals surface area contributed by atoms with Crippen LogP contribution in [0.2, 0.25) is 0 Å². The monoisotopic (exact) mass is 305 g/mol. The zero-order valence-electron chi connectivity index (χ0n) is 13.2. The molecule has 3 heterocycles. The van der Waals surface area contributed by atoms with Gasteiger partial charge in [0.05, 0.1) is 6.33 Å². The van der Waals surface area contributed by atoms with Crippen molar-refractivity contribution in [1.82, 2.24) is 24.0 Å². The van der Waals surface area contributed by atoms with Crippen LogP contribution < -0.4 is 16.6 Å². The average molecular weight is 305 g/mol. The molecule has 1 fully saturated rings. The predicted octanol–water partition coefficient (Wildman–Crippen LogP) is 0.449. The summed E-state index contributed by atoms with van der Waals surface area (Å²) >= 11 is 0. The van der Waals surface area contributed by atoms with Crippen molar-refractivity contribution in [1.29, 1.82) is 0 Å². The first-order valence-corrected chi connectivity index (χ1v) is 8.01. The molecule has 0 aromatic carbocycles. The Kier molecular flexibility index (Phi) is 4.15. The minimum Gasteiger partial charge on any atom is -0.325 e. The van der Waals surface area contributed by atoms with Gasteiger partial charge in [0.1, 0.15) is 0 Å². The molecule has 0 radical (unpaired) electrons. The first-order valence-electron chi connectivity index (χ1n) is 8.01. The Morgan fingerprint density at radius 2 is 2.18 bits per heavy atom. The molecule has 22 heavy (non-hydrogen) atoms. The predicted molar refractivity (Wildman–Crippen MR) is 85.2 cm³/mol.